The summed E-state index contributed by atoms with van der Waals surface area (Å²) in [6.45, 7) is 1.74. The number of nitrogen functional groups attached to an aromatic ring is 1. The van der Waals surface area contributed by atoms with E-state index in [0.717, 1.165) is 6.07 Å². The molecular weight excluding hydrogens is 369 g/mol. The molecule has 0 aliphatic carbocycles. The van der Waals surface area contributed by atoms with Gasteiger partial charge < -0.3 is 11.1 Å². The number of nitrogens with zero attached hydrogens (tertiary/aromatic N) is 2. The van der Waals surface area contributed by atoms with E-state index < -0.39 is 11.6 Å². The first-order valence-electron chi connectivity index (χ1n) is 7.15. The Bertz CT molecular complexity index is 940. The van der Waals surface area contributed by atoms with Crippen LogP contribution in [-0.4, -0.2) is 9.97 Å². The molecule has 3 aromatic rings. The second-order valence-electron chi connectivity index (χ2n) is 5.28. The second kappa shape index (κ2) is 6.82. The van der Waals surface area contributed by atoms with E-state index in [9.17, 15) is 8.78 Å². The van der Waals surface area contributed by atoms with E-state index in [0.29, 0.717) is 16.8 Å². The van der Waals surface area contributed by atoms with Crippen LogP contribution in [0.3, 0.4) is 0 Å². The molecule has 0 amide bonds. The minimum Gasteiger partial charge on any atom is -0.397 e. The van der Waals surface area contributed by atoms with Crippen molar-refractivity contribution in [3.8, 4) is 11.1 Å². The summed E-state index contributed by atoms with van der Waals surface area (Å²) in [5.41, 5.74) is 7.60. The van der Waals surface area contributed by atoms with Crippen LogP contribution < -0.4 is 11.1 Å². The van der Waals surface area contributed by atoms with Crippen molar-refractivity contribution in [2.45, 2.75) is 6.92 Å². The van der Waals surface area contributed by atoms with Gasteiger partial charge in [-0.25, -0.2) is 18.7 Å². The normalized spacial score (nSPS) is 10.8. The fraction of sp³-hybridized carbons (Fsp3) is 0.0588. The van der Waals surface area contributed by atoms with Gasteiger partial charge in [-0.3, -0.25) is 0 Å². The number of nitrogens with one attached hydrogen (secondary N) is 1. The highest BCUT2D eigenvalue weighted by molar-refractivity contribution is 6.33. The molecule has 0 bridgehead atoms. The molecule has 3 rings (SSSR count). The molecule has 0 radical (unpaired) electrons. The summed E-state index contributed by atoms with van der Waals surface area (Å²) in [4.78, 5) is 8.28. The van der Waals surface area contributed by atoms with Crippen molar-refractivity contribution in [1.29, 1.82) is 0 Å². The molecule has 0 saturated carbocycles. The molecule has 0 atom stereocenters. The minimum absolute atomic E-state index is 0.0296. The van der Waals surface area contributed by atoms with Crippen LogP contribution in [-0.2, 0) is 0 Å². The molecule has 0 aliphatic rings. The van der Waals surface area contributed by atoms with Gasteiger partial charge in [0.25, 0.3) is 0 Å². The van der Waals surface area contributed by atoms with Gasteiger partial charge in [-0.05, 0) is 37.3 Å². The Morgan fingerprint density at radius 1 is 1.08 bits per heavy atom. The Balaban J connectivity index is 2.14. The molecule has 0 aliphatic heterocycles. The second-order valence-corrected chi connectivity index (χ2v) is 6.13. The lowest BCUT2D eigenvalue weighted by atomic mass is 10.0. The number of hydrogen-bond donors (Lipinski definition) is 2. The molecule has 128 valence electrons. The SMILES string of the molecule is Cc1ncnc(Nc2c(N)cc(Cl)cc2F)c1-c1ccc(F)cc1Cl. The number of rotatable bonds is 3. The van der Waals surface area contributed by atoms with Gasteiger partial charge in [0.05, 0.1) is 22.1 Å². The highest BCUT2D eigenvalue weighted by Gasteiger charge is 2.17. The molecule has 8 heteroatoms. The van der Waals surface area contributed by atoms with E-state index in [1.165, 1.54) is 30.6 Å². The van der Waals surface area contributed by atoms with Crippen molar-refractivity contribution in [2.75, 3.05) is 11.1 Å². The summed E-state index contributed by atoms with van der Waals surface area (Å²) in [6.07, 6.45) is 1.32. The fourth-order valence-electron chi connectivity index (χ4n) is 2.43. The number of aromatic nitrogens is 2. The third-order valence-corrected chi connectivity index (χ3v) is 4.10. The van der Waals surface area contributed by atoms with Crippen molar-refractivity contribution in [3.05, 3.63) is 64.0 Å². The van der Waals surface area contributed by atoms with Gasteiger partial charge in [-0.1, -0.05) is 23.2 Å². The van der Waals surface area contributed by atoms with Crippen LogP contribution >= 0.6 is 23.2 Å². The van der Waals surface area contributed by atoms with Gasteiger partial charge in [0, 0.05) is 16.1 Å². The Kier molecular flexibility index (Phi) is 4.74. The van der Waals surface area contributed by atoms with Crippen LogP contribution in [0, 0.1) is 18.6 Å². The number of benzene rings is 2. The maximum absolute atomic E-state index is 14.2. The maximum atomic E-state index is 14.2. The number of nitrogens with two attached hydrogens (primary N) is 1. The minimum atomic E-state index is -0.627. The van der Waals surface area contributed by atoms with Crippen molar-refractivity contribution in [2.24, 2.45) is 0 Å². The lowest BCUT2D eigenvalue weighted by molar-refractivity contribution is 0.628. The zero-order valence-electron chi connectivity index (χ0n) is 12.9. The average Bonchev–Trinajstić information content (AvgIpc) is 2.52. The number of hydrogen-bond acceptors (Lipinski definition) is 4. The molecule has 0 saturated heterocycles. The van der Waals surface area contributed by atoms with Crippen molar-refractivity contribution in [1.82, 2.24) is 9.97 Å². The van der Waals surface area contributed by atoms with Gasteiger partial charge in [0.15, 0.2) is 0 Å². The van der Waals surface area contributed by atoms with Crippen molar-refractivity contribution < 1.29 is 8.78 Å². The first-order valence-corrected chi connectivity index (χ1v) is 7.91. The lowest BCUT2D eigenvalue weighted by Crippen LogP contribution is -2.04. The van der Waals surface area contributed by atoms with Crippen molar-refractivity contribution in [3.63, 3.8) is 0 Å². The standard InChI is InChI=1S/C17H12Cl2F2N4/c1-8-15(11-3-2-10(20)6-12(11)19)17(24-7-23-8)25-16-13(21)4-9(18)5-14(16)22/h2-7H,22H2,1H3,(H,23,24,25). The van der Waals surface area contributed by atoms with Crippen LogP contribution in [0.4, 0.5) is 26.0 Å². The molecule has 1 heterocycles. The molecule has 25 heavy (non-hydrogen) atoms. The van der Waals surface area contributed by atoms with E-state index in [2.05, 4.69) is 15.3 Å². The van der Waals surface area contributed by atoms with E-state index in [-0.39, 0.29) is 27.2 Å². The Morgan fingerprint density at radius 2 is 1.84 bits per heavy atom. The van der Waals surface area contributed by atoms with Gasteiger partial charge >= 0.3 is 0 Å². The number of aryl methyl sites for hydroxylation is 1. The Hall–Kier alpha value is -2.44. The third kappa shape index (κ3) is 3.50. The van der Waals surface area contributed by atoms with E-state index in [4.69, 9.17) is 28.9 Å². The third-order valence-electron chi connectivity index (χ3n) is 3.57. The summed E-state index contributed by atoms with van der Waals surface area (Å²) in [5, 5.41) is 3.22. The largest absolute Gasteiger partial charge is 0.397 e. The zero-order chi connectivity index (χ0) is 18.1. The Labute approximate surface area is 152 Å². The van der Waals surface area contributed by atoms with Gasteiger partial charge in [-0.2, -0.15) is 0 Å². The molecule has 4 nitrogen and oxygen atoms in total. The van der Waals surface area contributed by atoms with E-state index >= 15 is 0 Å². The molecule has 2 aromatic carbocycles. The topological polar surface area (TPSA) is 63.8 Å². The molecular formula is C17H12Cl2F2N4. The maximum Gasteiger partial charge on any atom is 0.150 e. The van der Waals surface area contributed by atoms with Crippen LogP contribution in [0.2, 0.25) is 10.0 Å². The summed E-state index contributed by atoms with van der Waals surface area (Å²) in [7, 11) is 0. The van der Waals surface area contributed by atoms with Crippen LogP contribution in [0.25, 0.3) is 11.1 Å². The molecule has 0 unspecified atom stereocenters. The molecule has 1 aromatic heterocycles. The number of halogens is 4. The molecule has 0 fully saturated rings. The summed E-state index contributed by atoms with van der Waals surface area (Å²) < 4.78 is 27.6. The van der Waals surface area contributed by atoms with E-state index in [1.54, 1.807) is 6.92 Å². The predicted molar refractivity (Wildman–Crippen MR) is 96.3 cm³/mol. The average molecular weight is 381 g/mol. The lowest BCUT2D eigenvalue weighted by Gasteiger charge is -2.16. The van der Waals surface area contributed by atoms with Gasteiger partial charge in [-0.15, -0.1) is 0 Å². The predicted octanol–water partition coefficient (Wildman–Crippen LogP) is 5.36. The smallest absolute Gasteiger partial charge is 0.150 e. The highest BCUT2D eigenvalue weighted by Crippen LogP contribution is 2.37. The summed E-state index contributed by atoms with van der Waals surface area (Å²) in [6, 6.07) is 6.53. The number of anilines is 3. The van der Waals surface area contributed by atoms with Gasteiger partial charge in [0.1, 0.15) is 23.8 Å². The van der Waals surface area contributed by atoms with Crippen LogP contribution in [0.15, 0.2) is 36.7 Å². The molecule has 0 spiro atoms. The first kappa shape index (κ1) is 17.4. The Morgan fingerprint density at radius 3 is 2.52 bits per heavy atom. The molecule has 3 N–H and O–H groups in total. The highest BCUT2D eigenvalue weighted by atomic mass is 35.5. The van der Waals surface area contributed by atoms with Gasteiger partial charge in [0.2, 0.25) is 0 Å². The summed E-state index contributed by atoms with van der Waals surface area (Å²) in [5.74, 6) is -0.808. The van der Waals surface area contributed by atoms with E-state index in [1.807, 2.05) is 0 Å². The monoisotopic (exact) mass is 380 g/mol. The van der Waals surface area contributed by atoms with Crippen LogP contribution in [0.5, 0.6) is 0 Å². The van der Waals surface area contributed by atoms with Crippen molar-refractivity contribution >= 4 is 40.4 Å². The van der Waals surface area contributed by atoms with Crippen LogP contribution in [0.1, 0.15) is 5.69 Å². The fourth-order valence-corrected chi connectivity index (χ4v) is 2.90. The quantitative estimate of drug-likeness (QED) is 0.600. The summed E-state index contributed by atoms with van der Waals surface area (Å²) >= 11 is 11.9. The zero-order valence-corrected chi connectivity index (χ0v) is 14.5. The first-order chi connectivity index (χ1) is 11.9.